The van der Waals surface area contributed by atoms with E-state index < -0.39 is 17.8 Å². The first-order valence-corrected chi connectivity index (χ1v) is 14.1. The van der Waals surface area contributed by atoms with Crippen molar-refractivity contribution >= 4 is 28.3 Å². The lowest BCUT2D eigenvalue weighted by Crippen LogP contribution is -2.55. The minimum atomic E-state index is -4.69. The van der Waals surface area contributed by atoms with Crippen molar-refractivity contribution < 1.29 is 22.7 Å². The maximum Gasteiger partial charge on any atom is 0.417 e. The highest BCUT2D eigenvalue weighted by Gasteiger charge is 2.35. The number of alkyl halides is 3. The van der Waals surface area contributed by atoms with Crippen molar-refractivity contribution in [1.29, 1.82) is 10.5 Å². The monoisotopic (exact) mass is 604 g/mol. The van der Waals surface area contributed by atoms with Gasteiger partial charge in [0.25, 0.3) is 0 Å². The molecule has 0 radical (unpaired) electrons. The maximum absolute atomic E-state index is 14.0. The van der Waals surface area contributed by atoms with Crippen LogP contribution < -0.4 is 15.4 Å². The van der Waals surface area contributed by atoms with Crippen molar-refractivity contribution in [1.82, 2.24) is 19.8 Å². The predicted molar refractivity (Wildman–Crippen MR) is 158 cm³/mol. The Morgan fingerprint density at radius 1 is 1.16 bits per heavy atom. The third-order valence-electron chi connectivity index (χ3n) is 8.20. The fourth-order valence-corrected chi connectivity index (χ4v) is 5.89. The van der Waals surface area contributed by atoms with Gasteiger partial charge < -0.3 is 25.2 Å². The van der Waals surface area contributed by atoms with Crippen LogP contribution in [0.1, 0.15) is 30.4 Å². The Morgan fingerprint density at radius 3 is 2.61 bits per heavy atom. The van der Waals surface area contributed by atoms with Gasteiger partial charge in [-0.2, -0.15) is 33.7 Å². The lowest BCUT2D eigenvalue weighted by molar-refractivity contribution is -0.137. The number of carbonyl (C=O) groups is 1. The number of piperazine rings is 1. The molecule has 2 N–H and O–H groups in total. The number of anilines is 2. The fourth-order valence-electron chi connectivity index (χ4n) is 5.89. The number of benzene rings is 2. The number of carbonyl (C=O) groups excluding carboxylic acids is 1. The third kappa shape index (κ3) is 6.10. The van der Waals surface area contributed by atoms with E-state index in [1.165, 1.54) is 30.3 Å². The molecule has 1 amide bonds. The number of rotatable bonds is 7. The summed E-state index contributed by atoms with van der Waals surface area (Å²) in [5, 5.41) is 20.0. The van der Waals surface area contributed by atoms with Gasteiger partial charge in [-0.25, -0.2) is 0 Å². The molecule has 0 bridgehead atoms. The summed E-state index contributed by atoms with van der Waals surface area (Å²) in [6.45, 7) is 5.69. The number of likely N-dealkylation sites (N-methyl/N-ethyl adjacent to an activating group) is 1. The second kappa shape index (κ2) is 12.4. The second-order valence-electron chi connectivity index (χ2n) is 10.9. The van der Waals surface area contributed by atoms with E-state index in [2.05, 4.69) is 22.5 Å². The SMILES string of the molecule is C=CC(=O)N1CCN(c2nc(OCC3CCCN3C)nc3cc(-c4cc(N)ccc4C(F)(F)F)c(C#N)cc23)CC1CC#N. The van der Waals surface area contributed by atoms with Gasteiger partial charge in [0.2, 0.25) is 5.91 Å². The van der Waals surface area contributed by atoms with Gasteiger partial charge in [0.1, 0.15) is 12.4 Å². The molecule has 10 nitrogen and oxygen atoms in total. The quantitative estimate of drug-likeness (QED) is 0.308. The van der Waals surface area contributed by atoms with E-state index in [-0.39, 0.29) is 65.4 Å². The lowest BCUT2D eigenvalue weighted by atomic mass is 9.93. The van der Waals surface area contributed by atoms with Gasteiger partial charge in [-0.05, 0) is 68.4 Å². The standard InChI is InChI=1S/C31H31F3N8O2/c1-3-28(43)42-12-11-41(17-21(42)8-9-35)29-25-13-19(16-36)23(24-14-20(37)6-7-26(24)31(32,33)34)15-27(25)38-30(39-29)44-18-22-5-4-10-40(22)2/h3,6-7,13-15,21-22H,1,4-5,8,10-12,17-18,37H2,2H3. The van der Waals surface area contributed by atoms with Crippen molar-refractivity contribution in [2.75, 3.05) is 50.5 Å². The summed E-state index contributed by atoms with van der Waals surface area (Å²) >= 11 is 0. The molecule has 3 aromatic rings. The van der Waals surface area contributed by atoms with Gasteiger partial charge in [0, 0.05) is 42.3 Å². The molecule has 2 aromatic carbocycles. The molecule has 2 saturated heterocycles. The predicted octanol–water partition coefficient (Wildman–Crippen LogP) is 4.36. The highest BCUT2D eigenvalue weighted by molar-refractivity contribution is 5.96. The average Bonchev–Trinajstić information content (AvgIpc) is 3.42. The van der Waals surface area contributed by atoms with Crippen LogP contribution in [-0.4, -0.2) is 77.6 Å². The topological polar surface area (TPSA) is 135 Å². The first kappa shape index (κ1) is 30.6. The molecule has 3 heterocycles. The number of aromatic nitrogens is 2. The van der Waals surface area contributed by atoms with Gasteiger partial charge in [-0.1, -0.05) is 6.58 Å². The molecule has 1 aromatic heterocycles. The summed E-state index contributed by atoms with van der Waals surface area (Å²) in [4.78, 5) is 27.4. The van der Waals surface area contributed by atoms with Gasteiger partial charge in [0.15, 0.2) is 0 Å². The molecule has 13 heteroatoms. The van der Waals surface area contributed by atoms with Crippen LogP contribution in [0, 0.1) is 22.7 Å². The van der Waals surface area contributed by atoms with E-state index in [1.54, 1.807) is 4.90 Å². The zero-order valence-corrected chi connectivity index (χ0v) is 24.1. The Morgan fingerprint density at radius 2 is 1.95 bits per heavy atom. The van der Waals surface area contributed by atoms with Crippen LogP contribution in [0.5, 0.6) is 6.01 Å². The van der Waals surface area contributed by atoms with Crippen molar-refractivity contribution in [3.63, 3.8) is 0 Å². The average molecular weight is 605 g/mol. The number of hydrogen-bond donors (Lipinski definition) is 1. The van der Waals surface area contributed by atoms with Crippen LogP contribution in [-0.2, 0) is 11.0 Å². The Labute approximate surface area is 252 Å². The van der Waals surface area contributed by atoms with Crippen molar-refractivity contribution in [2.45, 2.75) is 37.5 Å². The normalized spacial score (nSPS) is 19.0. The molecule has 2 fully saturated rings. The number of nitrogens with zero attached hydrogens (tertiary/aromatic N) is 7. The number of likely N-dealkylation sites (tertiary alicyclic amines) is 1. The lowest BCUT2D eigenvalue weighted by Gasteiger charge is -2.41. The zero-order valence-electron chi connectivity index (χ0n) is 24.1. The summed E-state index contributed by atoms with van der Waals surface area (Å²) in [5.41, 5.74) is 5.10. The Balaban J connectivity index is 1.65. The van der Waals surface area contributed by atoms with Crippen molar-refractivity contribution in [3.05, 3.63) is 54.1 Å². The molecule has 2 atom stereocenters. The molecular formula is C31H31F3N8O2. The number of halogens is 3. The van der Waals surface area contributed by atoms with Crippen LogP contribution in [0.2, 0.25) is 0 Å². The number of amides is 1. The Hall–Kier alpha value is -4.88. The molecule has 228 valence electrons. The number of ether oxygens (including phenoxy) is 1. The molecule has 2 aliphatic heterocycles. The Kier molecular flexibility index (Phi) is 8.61. The summed E-state index contributed by atoms with van der Waals surface area (Å²) in [6, 6.07) is 10.0. The smallest absolute Gasteiger partial charge is 0.417 e. The van der Waals surface area contributed by atoms with Gasteiger partial charge in [0.05, 0.1) is 41.2 Å². The van der Waals surface area contributed by atoms with Crippen LogP contribution in [0.25, 0.3) is 22.0 Å². The summed E-state index contributed by atoms with van der Waals surface area (Å²) in [6.07, 6.45) is -1.44. The zero-order chi connectivity index (χ0) is 31.6. The van der Waals surface area contributed by atoms with Crippen LogP contribution >= 0.6 is 0 Å². The third-order valence-corrected chi connectivity index (χ3v) is 8.20. The number of nitrogen functional groups attached to an aromatic ring is 1. The molecular weight excluding hydrogens is 573 g/mol. The van der Waals surface area contributed by atoms with E-state index in [0.29, 0.717) is 24.4 Å². The molecule has 44 heavy (non-hydrogen) atoms. The molecule has 0 spiro atoms. The Bertz CT molecular complexity index is 1680. The largest absolute Gasteiger partial charge is 0.462 e. The van der Waals surface area contributed by atoms with Crippen molar-refractivity contribution in [2.24, 2.45) is 0 Å². The minimum Gasteiger partial charge on any atom is -0.462 e. The molecule has 5 rings (SSSR count). The first-order valence-electron chi connectivity index (χ1n) is 14.1. The van der Waals surface area contributed by atoms with Gasteiger partial charge in [-0.15, -0.1) is 0 Å². The summed E-state index contributed by atoms with van der Waals surface area (Å²) < 4.78 is 48.2. The van der Waals surface area contributed by atoms with E-state index in [1.807, 2.05) is 18.0 Å². The van der Waals surface area contributed by atoms with E-state index in [4.69, 9.17) is 15.5 Å². The summed E-state index contributed by atoms with van der Waals surface area (Å²) in [5.74, 6) is 0.103. The number of nitrogens with two attached hydrogens (primary N) is 1. The maximum atomic E-state index is 14.0. The minimum absolute atomic E-state index is 0.0197. The molecule has 0 aliphatic carbocycles. The van der Waals surface area contributed by atoms with E-state index >= 15 is 0 Å². The molecule has 0 saturated carbocycles. The van der Waals surface area contributed by atoms with Crippen LogP contribution in [0.4, 0.5) is 24.7 Å². The highest BCUT2D eigenvalue weighted by Crippen LogP contribution is 2.41. The number of fused-ring (bicyclic) bond motifs is 1. The second-order valence-corrected chi connectivity index (χ2v) is 10.9. The summed E-state index contributed by atoms with van der Waals surface area (Å²) in [7, 11) is 2.01. The highest BCUT2D eigenvalue weighted by atomic mass is 19.4. The van der Waals surface area contributed by atoms with E-state index in [0.717, 1.165) is 25.5 Å². The number of nitriles is 2. The van der Waals surface area contributed by atoms with Gasteiger partial charge >= 0.3 is 12.2 Å². The van der Waals surface area contributed by atoms with E-state index in [9.17, 15) is 28.5 Å². The number of hydrogen-bond acceptors (Lipinski definition) is 9. The van der Waals surface area contributed by atoms with Crippen molar-refractivity contribution in [3.8, 4) is 29.3 Å². The van der Waals surface area contributed by atoms with Crippen LogP contribution in [0.15, 0.2) is 43.0 Å². The first-order chi connectivity index (χ1) is 21.0. The molecule has 2 unspecified atom stereocenters. The van der Waals surface area contributed by atoms with Gasteiger partial charge in [-0.3, -0.25) is 4.79 Å². The fraction of sp³-hybridized carbons (Fsp3) is 0.387. The molecule has 2 aliphatic rings. The van der Waals surface area contributed by atoms with Crippen LogP contribution in [0.3, 0.4) is 0 Å².